The average molecular weight is 297 g/mol. The Balaban J connectivity index is 1.61. The highest BCUT2D eigenvalue weighted by Crippen LogP contribution is 2.19. The van der Waals surface area contributed by atoms with Gasteiger partial charge in [-0.15, -0.1) is 0 Å². The smallest absolute Gasteiger partial charge is 0.0110 e. The second-order valence-electron chi connectivity index (χ2n) is 7.09. The molecule has 2 fully saturated rings. The normalized spacial score (nSPS) is 27.9. The second kappa shape index (κ2) is 9.09. The van der Waals surface area contributed by atoms with Crippen LogP contribution in [0.15, 0.2) is 0 Å². The predicted molar refractivity (Wildman–Crippen MR) is 90.9 cm³/mol. The maximum Gasteiger partial charge on any atom is 0.0110 e. The molecular weight excluding hydrogens is 260 g/mol. The zero-order valence-electron chi connectivity index (χ0n) is 14.5. The number of piperazine rings is 1. The van der Waals surface area contributed by atoms with Crippen molar-refractivity contribution in [2.75, 3.05) is 66.0 Å². The van der Waals surface area contributed by atoms with E-state index in [4.69, 9.17) is 0 Å². The maximum atomic E-state index is 3.79. The molecule has 0 aromatic carbocycles. The van der Waals surface area contributed by atoms with Gasteiger partial charge in [0.05, 0.1) is 0 Å². The number of likely N-dealkylation sites (tertiary alicyclic amines) is 1. The van der Waals surface area contributed by atoms with E-state index in [0.29, 0.717) is 6.04 Å². The fourth-order valence-electron chi connectivity index (χ4n) is 3.71. The molecule has 21 heavy (non-hydrogen) atoms. The van der Waals surface area contributed by atoms with Gasteiger partial charge in [-0.2, -0.15) is 0 Å². The fraction of sp³-hybridized carbons (Fsp3) is 1.00. The minimum atomic E-state index is 0.664. The van der Waals surface area contributed by atoms with E-state index < -0.39 is 0 Å². The van der Waals surface area contributed by atoms with Gasteiger partial charge in [0.2, 0.25) is 0 Å². The van der Waals surface area contributed by atoms with Crippen molar-refractivity contribution in [3.8, 4) is 0 Å². The van der Waals surface area contributed by atoms with Crippen LogP contribution < -0.4 is 5.32 Å². The van der Waals surface area contributed by atoms with E-state index in [2.05, 4.69) is 40.9 Å². The number of nitrogens with one attached hydrogen (secondary N) is 1. The van der Waals surface area contributed by atoms with Crippen LogP contribution in [0.1, 0.15) is 33.1 Å². The topological polar surface area (TPSA) is 21.8 Å². The summed E-state index contributed by atoms with van der Waals surface area (Å²) in [6.07, 6.45) is 4.08. The number of hydrogen-bond acceptors (Lipinski definition) is 4. The van der Waals surface area contributed by atoms with Gasteiger partial charge in [0.1, 0.15) is 0 Å². The van der Waals surface area contributed by atoms with Crippen LogP contribution >= 0.6 is 0 Å². The summed E-state index contributed by atoms with van der Waals surface area (Å²) in [6.45, 7) is 15.9. The highest BCUT2D eigenvalue weighted by Gasteiger charge is 2.24. The molecule has 0 amide bonds. The van der Waals surface area contributed by atoms with Gasteiger partial charge in [0.15, 0.2) is 0 Å². The summed E-state index contributed by atoms with van der Waals surface area (Å²) in [5, 5.41) is 3.79. The number of nitrogens with zero attached hydrogens (tertiary/aromatic N) is 3. The molecule has 2 aliphatic rings. The van der Waals surface area contributed by atoms with Gasteiger partial charge >= 0.3 is 0 Å². The van der Waals surface area contributed by atoms with Crippen LogP contribution in [0.25, 0.3) is 0 Å². The molecule has 0 saturated carbocycles. The lowest BCUT2D eigenvalue weighted by Gasteiger charge is -2.37. The van der Waals surface area contributed by atoms with Crippen molar-refractivity contribution in [3.05, 3.63) is 0 Å². The quantitative estimate of drug-likeness (QED) is 0.765. The van der Waals surface area contributed by atoms with Crippen molar-refractivity contribution in [1.29, 1.82) is 0 Å². The first-order chi connectivity index (χ1) is 10.2. The van der Waals surface area contributed by atoms with Gasteiger partial charge < -0.3 is 15.1 Å². The third kappa shape index (κ3) is 5.85. The lowest BCUT2D eigenvalue weighted by Crippen LogP contribution is -2.49. The lowest BCUT2D eigenvalue weighted by atomic mass is 9.91. The van der Waals surface area contributed by atoms with Crippen LogP contribution in [0.5, 0.6) is 0 Å². The Kier molecular flexibility index (Phi) is 7.44. The van der Waals surface area contributed by atoms with E-state index in [1.165, 1.54) is 71.6 Å². The highest BCUT2D eigenvalue weighted by atomic mass is 15.2. The third-order valence-corrected chi connectivity index (χ3v) is 5.28. The van der Waals surface area contributed by atoms with Gasteiger partial charge in [-0.1, -0.05) is 6.92 Å². The number of hydrogen-bond donors (Lipinski definition) is 1. The molecule has 2 rings (SSSR count). The molecule has 2 atom stereocenters. The number of likely N-dealkylation sites (N-methyl/N-ethyl adjacent to an activating group) is 1. The van der Waals surface area contributed by atoms with Crippen molar-refractivity contribution >= 4 is 0 Å². The van der Waals surface area contributed by atoms with E-state index >= 15 is 0 Å². The molecule has 1 N–H and O–H groups in total. The summed E-state index contributed by atoms with van der Waals surface area (Å²) in [5.74, 6) is 0.845. The Morgan fingerprint density at radius 2 is 1.81 bits per heavy atom. The molecular formula is C17H36N4. The molecule has 2 unspecified atom stereocenters. The van der Waals surface area contributed by atoms with E-state index in [1.54, 1.807) is 0 Å². The van der Waals surface area contributed by atoms with Crippen molar-refractivity contribution in [1.82, 2.24) is 20.0 Å². The third-order valence-electron chi connectivity index (χ3n) is 5.28. The summed E-state index contributed by atoms with van der Waals surface area (Å²) in [5.41, 5.74) is 0. The molecule has 4 nitrogen and oxygen atoms in total. The van der Waals surface area contributed by atoms with Crippen LogP contribution in [0.2, 0.25) is 0 Å². The Morgan fingerprint density at radius 3 is 2.52 bits per heavy atom. The van der Waals surface area contributed by atoms with E-state index in [9.17, 15) is 0 Å². The molecule has 0 aliphatic carbocycles. The van der Waals surface area contributed by atoms with E-state index in [0.717, 1.165) is 12.5 Å². The van der Waals surface area contributed by atoms with E-state index in [-0.39, 0.29) is 0 Å². The molecule has 124 valence electrons. The molecule has 0 aromatic heterocycles. The van der Waals surface area contributed by atoms with Gasteiger partial charge in [-0.05, 0) is 52.2 Å². The molecule has 0 radical (unpaired) electrons. The first kappa shape index (κ1) is 17.2. The number of piperidine rings is 1. The zero-order valence-corrected chi connectivity index (χ0v) is 14.5. The van der Waals surface area contributed by atoms with Crippen molar-refractivity contribution in [2.24, 2.45) is 5.92 Å². The summed E-state index contributed by atoms with van der Waals surface area (Å²) < 4.78 is 0. The highest BCUT2D eigenvalue weighted by molar-refractivity contribution is 4.81. The average Bonchev–Trinajstić information content (AvgIpc) is 2.50. The van der Waals surface area contributed by atoms with Crippen LogP contribution in [0.4, 0.5) is 0 Å². The minimum Gasteiger partial charge on any atom is -0.313 e. The Morgan fingerprint density at radius 1 is 1.05 bits per heavy atom. The first-order valence-corrected chi connectivity index (χ1v) is 9.05. The van der Waals surface area contributed by atoms with Crippen LogP contribution in [0, 0.1) is 5.92 Å². The molecule has 0 bridgehead atoms. The molecule has 4 heteroatoms. The molecule has 0 spiro atoms. The Bertz CT molecular complexity index is 274. The fourth-order valence-corrected chi connectivity index (χ4v) is 3.71. The Labute approximate surface area is 131 Å². The van der Waals surface area contributed by atoms with Crippen molar-refractivity contribution < 1.29 is 0 Å². The molecule has 2 aliphatic heterocycles. The molecule has 0 aromatic rings. The predicted octanol–water partition coefficient (Wildman–Crippen LogP) is 1.33. The lowest BCUT2D eigenvalue weighted by molar-refractivity contribution is 0.138. The Hall–Kier alpha value is -0.160. The number of rotatable bonds is 7. The van der Waals surface area contributed by atoms with Crippen molar-refractivity contribution in [2.45, 2.75) is 39.2 Å². The summed E-state index contributed by atoms with van der Waals surface area (Å²) in [7, 11) is 2.22. The van der Waals surface area contributed by atoms with Gasteiger partial charge in [-0.25, -0.2) is 0 Å². The largest absolute Gasteiger partial charge is 0.313 e. The summed E-state index contributed by atoms with van der Waals surface area (Å²) >= 11 is 0. The van der Waals surface area contributed by atoms with Gasteiger partial charge in [-0.3, -0.25) is 4.90 Å². The first-order valence-electron chi connectivity index (χ1n) is 9.05. The van der Waals surface area contributed by atoms with Gasteiger partial charge in [0.25, 0.3) is 0 Å². The standard InChI is InChI=1S/C17H36N4/c1-4-8-21-9-5-6-17(15-21)16(2)18-7-10-20-13-11-19(3)12-14-20/h16-18H,4-15H2,1-3H3. The van der Waals surface area contributed by atoms with E-state index in [1.807, 2.05) is 0 Å². The zero-order chi connectivity index (χ0) is 15.1. The molecule has 2 saturated heterocycles. The van der Waals surface area contributed by atoms with Gasteiger partial charge in [0, 0.05) is 51.9 Å². The molecule has 2 heterocycles. The van der Waals surface area contributed by atoms with Crippen molar-refractivity contribution in [3.63, 3.8) is 0 Å². The van der Waals surface area contributed by atoms with Crippen LogP contribution in [-0.2, 0) is 0 Å². The SMILES string of the molecule is CCCN1CCCC(C(C)NCCN2CCN(C)CC2)C1. The second-order valence-corrected chi connectivity index (χ2v) is 7.09. The van der Waals surface area contributed by atoms with Crippen LogP contribution in [-0.4, -0.2) is 86.7 Å². The monoisotopic (exact) mass is 296 g/mol. The summed E-state index contributed by atoms with van der Waals surface area (Å²) in [6, 6.07) is 0.664. The minimum absolute atomic E-state index is 0.664. The summed E-state index contributed by atoms with van der Waals surface area (Å²) in [4.78, 5) is 7.69. The maximum absolute atomic E-state index is 3.79. The van der Waals surface area contributed by atoms with Crippen LogP contribution in [0.3, 0.4) is 0 Å².